The number of hydrogen-bond acceptors (Lipinski definition) is 8. The van der Waals surface area contributed by atoms with Crippen molar-refractivity contribution >= 4 is 11.9 Å². The second-order valence-electron chi connectivity index (χ2n) is 9.75. The molecule has 40 heavy (non-hydrogen) atoms. The van der Waals surface area contributed by atoms with E-state index in [4.69, 9.17) is 19.6 Å². The van der Waals surface area contributed by atoms with Crippen molar-refractivity contribution in [3.63, 3.8) is 0 Å². The molecular formula is C27H34F3N7O3. The Balaban J connectivity index is 0.000000470. The molecule has 0 unspecified atom stereocenters. The number of carboxylic acid groups (broad SMARTS) is 1. The van der Waals surface area contributed by atoms with Gasteiger partial charge in [-0.25, -0.2) is 14.8 Å². The molecule has 0 aliphatic carbocycles. The molecule has 10 nitrogen and oxygen atoms in total. The summed E-state index contributed by atoms with van der Waals surface area (Å²) in [7, 11) is 0. The van der Waals surface area contributed by atoms with Crippen LogP contribution in [0.3, 0.4) is 0 Å². The highest BCUT2D eigenvalue weighted by Crippen LogP contribution is 2.24. The molecule has 2 fully saturated rings. The Hall–Kier alpha value is -3.71. The number of carboxylic acids is 1. The van der Waals surface area contributed by atoms with Gasteiger partial charge < -0.3 is 24.2 Å². The SMILES string of the molecule is Cc1cc(Oc2ccc(-n3ccnc3)cc2)nc(N2CCN(CCCN3CCCC3)CC2)n1.O=C(O)C(F)(F)F. The molecule has 13 heteroatoms. The van der Waals surface area contributed by atoms with E-state index in [1.807, 2.05) is 48.0 Å². The Bertz CT molecular complexity index is 1210. The maximum absolute atomic E-state index is 10.6. The smallest absolute Gasteiger partial charge is 0.475 e. The molecule has 0 radical (unpaired) electrons. The number of alkyl halides is 3. The van der Waals surface area contributed by atoms with Crippen LogP contribution in [0.15, 0.2) is 49.1 Å². The minimum Gasteiger partial charge on any atom is -0.475 e. The van der Waals surface area contributed by atoms with Crippen LogP contribution in [0.5, 0.6) is 11.6 Å². The number of ether oxygens (including phenoxy) is 1. The van der Waals surface area contributed by atoms with E-state index in [2.05, 4.69) is 24.7 Å². The van der Waals surface area contributed by atoms with Gasteiger partial charge in [0.05, 0.1) is 6.33 Å². The molecule has 2 aromatic heterocycles. The van der Waals surface area contributed by atoms with Crippen LogP contribution in [-0.2, 0) is 4.79 Å². The molecule has 0 saturated carbocycles. The molecular weight excluding hydrogens is 527 g/mol. The van der Waals surface area contributed by atoms with E-state index in [0.717, 1.165) is 49.3 Å². The molecule has 3 aromatic rings. The predicted molar refractivity (Wildman–Crippen MR) is 143 cm³/mol. The van der Waals surface area contributed by atoms with Gasteiger partial charge in [0.1, 0.15) is 5.75 Å². The van der Waals surface area contributed by atoms with E-state index >= 15 is 0 Å². The quantitative estimate of drug-likeness (QED) is 0.437. The lowest BCUT2D eigenvalue weighted by molar-refractivity contribution is -0.192. The van der Waals surface area contributed by atoms with E-state index in [-0.39, 0.29) is 0 Å². The molecule has 2 aliphatic rings. The number of carbonyl (C=O) groups is 1. The molecule has 4 heterocycles. The number of likely N-dealkylation sites (tertiary alicyclic amines) is 1. The number of nitrogens with zero attached hydrogens (tertiary/aromatic N) is 7. The Morgan fingerprint density at radius 1 is 0.975 bits per heavy atom. The standard InChI is InChI=1S/C25H33N7O.C2HF3O2/c1-21-19-24(33-23-7-5-22(6-8-23)32-14-9-26-20-32)28-25(27-21)31-17-15-30(16-18-31)13-4-12-29-10-2-3-11-29;3-2(4,5)1(6)7/h5-9,14,19-20H,2-4,10-13,15-18H2,1H3;(H,6,7). The zero-order valence-corrected chi connectivity index (χ0v) is 22.4. The first-order chi connectivity index (χ1) is 19.2. The minimum absolute atomic E-state index is 0.584. The van der Waals surface area contributed by atoms with Gasteiger partial charge in [-0.05, 0) is 76.6 Å². The Morgan fingerprint density at radius 2 is 1.60 bits per heavy atom. The highest BCUT2D eigenvalue weighted by Gasteiger charge is 2.38. The predicted octanol–water partition coefficient (Wildman–Crippen LogP) is 4.00. The van der Waals surface area contributed by atoms with E-state index in [1.54, 1.807) is 12.5 Å². The topological polar surface area (TPSA) is 99.9 Å². The van der Waals surface area contributed by atoms with Crippen molar-refractivity contribution < 1.29 is 27.8 Å². The van der Waals surface area contributed by atoms with Crippen LogP contribution in [0.2, 0.25) is 0 Å². The van der Waals surface area contributed by atoms with E-state index in [0.29, 0.717) is 5.88 Å². The van der Waals surface area contributed by atoms with Crippen molar-refractivity contribution in [1.82, 2.24) is 29.3 Å². The number of halogens is 3. The summed E-state index contributed by atoms with van der Waals surface area (Å²) in [6.07, 6.45) is 4.39. The maximum atomic E-state index is 10.6. The fourth-order valence-electron chi connectivity index (χ4n) is 4.63. The number of aromatic nitrogens is 4. The second-order valence-corrected chi connectivity index (χ2v) is 9.75. The number of rotatable bonds is 8. The number of imidazole rings is 1. The molecule has 0 atom stereocenters. The van der Waals surface area contributed by atoms with E-state index < -0.39 is 12.1 Å². The first kappa shape index (κ1) is 29.3. The lowest BCUT2D eigenvalue weighted by atomic mass is 10.3. The van der Waals surface area contributed by atoms with E-state index in [9.17, 15) is 13.2 Å². The van der Waals surface area contributed by atoms with Gasteiger partial charge in [-0.15, -0.1) is 0 Å². The fraction of sp³-hybridized carbons (Fsp3) is 0.481. The average molecular weight is 562 g/mol. The van der Waals surface area contributed by atoms with Gasteiger partial charge in [-0.1, -0.05) is 0 Å². The third kappa shape index (κ3) is 8.65. The third-order valence-corrected chi connectivity index (χ3v) is 6.73. The summed E-state index contributed by atoms with van der Waals surface area (Å²) >= 11 is 0. The third-order valence-electron chi connectivity index (χ3n) is 6.73. The highest BCUT2D eigenvalue weighted by atomic mass is 19.4. The summed E-state index contributed by atoms with van der Waals surface area (Å²) < 4.78 is 39.8. The van der Waals surface area contributed by atoms with Crippen LogP contribution >= 0.6 is 0 Å². The van der Waals surface area contributed by atoms with Crippen LogP contribution in [-0.4, -0.2) is 98.9 Å². The van der Waals surface area contributed by atoms with Gasteiger partial charge in [0.15, 0.2) is 0 Å². The highest BCUT2D eigenvalue weighted by molar-refractivity contribution is 5.73. The molecule has 1 aromatic carbocycles. The van der Waals surface area contributed by atoms with Crippen LogP contribution < -0.4 is 9.64 Å². The van der Waals surface area contributed by atoms with Crippen LogP contribution in [0.25, 0.3) is 5.69 Å². The van der Waals surface area contributed by atoms with Crippen molar-refractivity contribution in [2.24, 2.45) is 0 Å². The summed E-state index contributed by atoms with van der Waals surface area (Å²) in [5.74, 6) is -0.657. The Labute approximate surface area is 231 Å². The number of aliphatic carboxylic acids is 1. The first-order valence-electron chi connectivity index (χ1n) is 13.3. The zero-order valence-electron chi connectivity index (χ0n) is 22.4. The van der Waals surface area contributed by atoms with Crippen molar-refractivity contribution in [1.29, 1.82) is 0 Å². The van der Waals surface area contributed by atoms with Crippen molar-refractivity contribution in [3.8, 4) is 17.3 Å². The maximum Gasteiger partial charge on any atom is 0.490 e. The van der Waals surface area contributed by atoms with E-state index in [1.165, 1.54) is 45.4 Å². The van der Waals surface area contributed by atoms with Crippen LogP contribution in [0.4, 0.5) is 19.1 Å². The number of benzene rings is 1. The fourth-order valence-corrected chi connectivity index (χ4v) is 4.63. The van der Waals surface area contributed by atoms with Crippen LogP contribution in [0.1, 0.15) is 25.0 Å². The number of hydrogen-bond donors (Lipinski definition) is 1. The number of aryl methyl sites for hydroxylation is 1. The largest absolute Gasteiger partial charge is 0.490 e. The van der Waals surface area contributed by atoms with Gasteiger partial charge in [0, 0.05) is 56.0 Å². The molecule has 0 spiro atoms. The molecule has 2 saturated heterocycles. The van der Waals surface area contributed by atoms with Gasteiger partial charge in [-0.3, -0.25) is 4.90 Å². The summed E-state index contributed by atoms with van der Waals surface area (Å²) in [6.45, 7) is 11.0. The van der Waals surface area contributed by atoms with Gasteiger partial charge in [-0.2, -0.15) is 18.2 Å². The van der Waals surface area contributed by atoms with Crippen molar-refractivity contribution in [3.05, 3.63) is 54.7 Å². The molecule has 1 N–H and O–H groups in total. The van der Waals surface area contributed by atoms with Gasteiger partial charge in [0.25, 0.3) is 0 Å². The monoisotopic (exact) mass is 561 g/mol. The number of piperazine rings is 1. The summed E-state index contributed by atoms with van der Waals surface area (Å²) in [4.78, 5) is 29.8. The molecule has 5 rings (SSSR count). The van der Waals surface area contributed by atoms with Gasteiger partial charge >= 0.3 is 12.1 Å². The second kappa shape index (κ2) is 13.6. The van der Waals surface area contributed by atoms with Gasteiger partial charge in [0.2, 0.25) is 11.8 Å². The van der Waals surface area contributed by atoms with Crippen molar-refractivity contribution in [2.75, 3.05) is 57.3 Å². The minimum atomic E-state index is -5.08. The Kier molecular flexibility index (Phi) is 9.93. The molecule has 0 amide bonds. The van der Waals surface area contributed by atoms with Crippen molar-refractivity contribution in [2.45, 2.75) is 32.4 Å². The molecule has 0 bridgehead atoms. The number of anilines is 1. The summed E-state index contributed by atoms with van der Waals surface area (Å²) in [5.41, 5.74) is 1.95. The van der Waals surface area contributed by atoms with Crippen LogP contribution in [0, 0.1) is 6.92 Å². The average Bonchev–Trinajstić information content (AvgIpc) is 3.64. The normalized spacial score (nSPS) is 16.4. The zero-order chi connectivity index (χ0) is 28.5. The lowest BCUT2D eigenvalue weighted by Crippen LogP contribution is -2.47. The lowest BCUT2D eigenvalue weighted by Gasteiger charge is -2.35. The Morgan fingerprint density at radius 3 is 2.17 bits per heavy atom. The molecule has 2 aliphatic heterocycles. The summed E-state index contributed by atoms with van der Waals surface area (Å²) in [6, 6.07) is 9.81. The summed E-state index contributed by atoms with van der Waals surface area (Å²) in [5, 5.41) is 7.12. The first-order valence-corrected chi connectivity index (χ1v) is 13.3. The molecule has 216 valence electrons.